The van der Waals surface area contributed by atoms with E-state index in [1.807, 2.05) is 19.9 Å². The van der Waals surface area contributed by atoms with Crippen molar-refractivity contribution in [1.82, 2.24) is 4.98 Å². The molecule has 106 valence electrons. The van der Waals surface area contributed by atoms with Gasteiger partial charge in [-0.2, -0.15) is 0 Å². The van der Waals surface area contributed by atoms with E-state index in [1.54, 1.807) is 6.07 Å². The highest BCUT2D eigenvalue weighted by molar-refractivity contribution is 9.11. The summed E-state index contributed by atoms with van der Waals surface area (Å²) in [5.41, 5.74) is 0.943. The van der Waals surface area contributed by atoms with Gasteiger partial charge in [0.15, 0.2) is 0 Å². The number of rotatable bonds is 3. The lowest BCUT2D eigenvalue weighted by atomic mass is 10.0. The minimum atomic E-state index is -0.459. The van der Waals surface area contributed by atoms with Crippen molar-refractivity contribution < 1.29 is 4.92 Å². The first-order valence-corrected chi connectivity index (χ1v) is 7.89. The zero-order valence-corrected chi connectivity index (χ0v) is 14.7. The molecule has 0 aliphatic heterocycles. The third-order valence-electron chi connectivity index (χ3n) is 2.81. The molecule has 0 fully saturated rings. The van der Waals surface area contributed by atoms with Gasteiger partial charge in [0, 0.05) is 14.3 Å². The fourth-order valence-corrected chi connectivity index (χ4v) is 3.43. The van der Waals surface area contributed by atoms with E-state index in [0.29, 0.717) is 27.5 Å². The van der Waals surface area contributed by atoms with Gasteiger partial charge < -0.3 is 0 Å². The molecular formula is C13H11Br2ClN2O2. The van der Waals surface area contributed by atoms with E-state index in [0.717, 1.165) is 4.47 Å². The maximum absolute atomic E-state index is 11.3. The monoisotopic (exact) mass is 420 g/mol. The van der Waals surface area contributed by atoms with Crippen molar-refractivity contribution in [3.8, 4) is 0 Å². The molecule has 0 atom stereocenters. The van der Waals surface area contributed by atoms with Crippen LogP contribution < -0.4 is 0 Å². The average molecular weight is 423 g/mol. The van der Waals surface area contributed by atoms with Gasteiger partial charge in [0.1, 0.15) is 10.7 Å². The van der Waals surface area contributed by atoms with Crippen molar-refractivity contribution in [1.29, 1.82) is 0 Å². The second kappa shape index (κ2) is 5.95. The summed E-state index contributed by atoms with van der Waals surface area (Å²) in [6.07, 6.45) is 0.505. The lowest BCUT2D eigenvalue weighted by Crippen LogP contribution is -2.05. The van der Waals surface area contributed by atoms with Crippen molar-refractivity contribution in [3.63, 3.8) is 0 Å². The summed E-state index contributed by atoms with van der Waals surface area (Å²) in [4.78, 5) is 15.3. The number of halogens is 3. The van der Waals surface area contributed by atoms with Crippen molar-refractivity contribution in [3.05, 3.63) is 41.9 Å². The molecule has 0 bridgehead atoms. The standard InChI is InChI=1S/C13H11Br2ClN2O2/c1-6(2)5-9-13(18(19)20)11(16)10-7(14)3-4-8(15)12(10)17-9/h3-4,6H,5H2,1-2H3. The topological polar surface area (TPSA) is 56.0 Å². The summed E-state index contributed by atoms with van der Waals surface area (Å²) in [5.74, 6) is 0.251. The van der Waals surface area contributed by atoms with Crippen molar-refractivity contribution >= 4 is 60.1 Å². The van der Waals surface area contributed by atoms with Gasteiger partial charge >= 0.3 is 5.69 Å². The summed E-state index contributed by atoms with van der Waals surface area (Å²) in [6, 6.07) is 3.62. The molecule has 0 aliphatic rings. The molecule has 0 saturated carbocycles. The number of fused-ring (bicyclic) bond motifs is 1. The van der Waals surface area contributed by atoms with Crippen LogP contribution in [0.25, 0.3) is 10.9 Å². The Kier molecular flexibility index (Phi) is 4.66. The highest BCUT2D eigenvalue weighted by Crippen LogP contribution is 2.40. The number of aromatic nitrogens is 1. The first-order valence-electron chi connectivity index (χ1n) is 5.93. The predicted molar refractivity (Wildman–Crippen MR) is 87.3 cm³/mol. The molecule has 2 rings (SSSR count). The van der Waals surface area contributed by atoms with E-state index >= 15 is 0 Å². The van der Waals surface area contributed by atoms with Crippen LogP contribution in [0.2, 0.25) is 5.02 Å². The van der Waals surface area contributed by atoms with E-state index in [-0.39, 0.29) is 16.6 Å². The van der Waals surface area contributed by atoms with Crippen molar-refractivity contribution in [2.45, 2.75) is 20.3 Å². The Bertz CT molecular complexity index is 705. The van der Waals surface area contributed by atoms with Gasteiger partial charge in [0.05, 0.1) is 10.4 Å². The Hall–Kier alpha value is -0.720. The van der Waals surface area contributed by atoms with Crippen LogP contribution >= 0.6 is 43.5 Å². The molecule has 0 saturated heterocycles. The zero-order valence-electron chi connectivity index (χ0n) is 10.8. The lowest BCUT2D eigenvalue weighted by molar-refractivity contribution is -0.385. The number of pyridine rings is 1. The van der Waals surface area contributed by atoms with Gasteiger partial charge in [-0.05, 0) is 40.4 Å². The van der Waals surface area contributed by atoms with Crippen LogP contribution in [0.4, 0.5) is 5.69 Å². The molecule has 1 aromatic carbocycles. The Morgan fingerprint density at radius 3 is 2.50 bits per heavy atom. The van der Waals surface area contributed by atoms with Gasteiger partial charge in [-0.15, -0.1) is 0 Å². The fourth-order valence-electron chi connectivity index (χ4n) is 2.01. The van der Waals surface area contributed by atoms with Gasteiger partial charge in [0.25, 0.3) is 0 Å². The van der Waals surface area contributed by atoms with Crippen molar-refractivity contribution in [2.24, 2.45) is 5.92 Å². The number of nitrogens with zero attached hydrogens (tertiary/aromatic N) is 2. The normalized spacial score (nSPS) is 11.3. The quantitative estimate of drug-likeness (QED) is 0.483. The van der Waals surface area contributed by atoms with E-state index in [1.165, 1.54) is 0 Å². The first kappa shape index (κ1) is 15.7. The third-order valence-corrected chi connectivity index (χ3v) is 4.48. The van der Waals surface area contributed by atoms with Crippen LogP contribution in [0.15, 0.2) is 21.1 Å². The molecule has 2 aromatic rings. The van der Waals surface area contributed by atoms with Gasteiger partial charge in [0.2, 0.25) is 0 Å². The molecule has 0 amide bonds. The van der Waals surface area contributed by atoms with Crippen LogP contribution in [0.1, 0.15) is 19.5 Å². The van der Waals surface area contributed by atoms with Gasteiger partial charge in [-0.1, -0.05) is 41.4 Å². The van der Waals surface area contributed by atoms with Gasteiger partial charge in [-0.3, -0.25) is 10.1 Å². The summed E-state index contributed by atoms with van der Waals surface area (Å²) >= 11 is 13.1. The zero-order chi connectivity index (χ0) is 15.0. The van der Waals surface area contributed by atoms with E-state index in [9.17, 15) is 10.1 Å². The molecule has 1 heterocycles. The van der Waals surface area contributed by atoms with E-state index in [2.05, 4.69) is 36.8 Å². The maximum atomic E-state index is 11.3. The Balaban J connectivity index is 2.89. The largest absolute Gasteiger partial charge is 0.309 e. The SMILES string of the molecule is CC(C)Cc1nc2c(Br)ccc(Br)c2c(Cl)c1[N+](=O)[O-]. The highest BCUT2D eigenvalue weighted by atomic mass is 79.9. The average Bonchev–Trinajstić information content (AvgIpc) is 2.32. The Morgan fingerprint density at radius 1 is 1.35 bits per heavy atom. The summed E-state index contributed by atoms with van der Waals surface area (Å²) in [6.45, 7) is 3.97. The second-order valence-corrected chi connectivity index (χ2v) is 6.92. The highest BCUT2D eigenvalue weighted by Gasteiger charge is 2.25. The van der Waals surface area contributed by atoms with Crippen LogP contribution in [0.5, 0.6) is 0 Å². The number of benzene rings is 1. The molecule has 0 radical (unpaired) electrons. The Morgan fingerprint density at radius 2 is 1.95 bits per heavy atom. The number of hydrogen-bond acceptors (Lipinski definition) is 3. The fraction of sp³-hybridized carbons (Fsp3) is 0.308. The molecular weight excluding hydrogens is 411 g/mol. The van der Waals surface area contributed by atoms with E-state index < -0.39 is 4.92 Å². The van der Waals surface area contributed by atoms with Crippen LogP contribution in [-0.2, 0) is 6.42 Å². The second-order valence-electron chi connectivity index (χ2n) is 4.83. The first-order chi connectivity index (χ1) is 9.32. The molecule has 7 heteroatoms. The summed E-state index contributed by atoms with van der Waals surface area (Å²) in [5, 5.41) is 12.0. The molecule has 4 nitrogen and oxygen atoms in total. The van der Waals surface area contributed by atoms with E-state index in [4.69, 9.17) is 11.6 Å². The van der Waals surface area contributed by atoms with Crippen LogP contribution in [0.3, 0.4) is 0 Å². The van der Waals surface area contributed by atoms with Gasteiger partial charge in [-0.25, -0.2) is 4.98 Å². The molecule has 20 heavy (non-hydrogen) atoms. The summed E-state index contributed by atoms with van der Waals surface area (Å²) in [7, 11) is 0. The molecule has 0 N–H and O–H groups in total. The molecule has 0 aliphatic carbocycles. The van der Waals surface area contributed by atoms with Crippen molar-refractivity contribution in [2.75, 3.05) is 0 Å². The molecule has 1 aromatic heterocycles. The molecule has 0 unspecified atom stereocenters. The maximum Gasteiger partial charge on any atom is 0.309 e. The Labute approximate surface area is 137 Å². The molecule has 0 spiro atoms. The predicted octanol–water partition coefficient (Wildman–Crippen LogP) is 5.52. The minimum Gasteiger partial charge on any atom is -0.258 e. The lowest BCUT2D eigenvalue weighted by Gasteiger charge is -2.11. The number of hydrogen-bond donors (Lipinski definition) is 0. The third kappa shape index (κ3) is 2.82. The van der Waals surface area contributed by atoms with Crippen LogP contribution in [-0.4, -0.2) is 9.91 Å². The summed E-state index contributed by atoms with van der Waals surface area (Å²) < 4.78 is 1.45. The van der Waals surface area contributed by atoms with Crippen LogP contribution in [0, 0.1) is 16.0 Å². The smallest absolute Gasteiger partial charge is 0.258 e. The minimum absolute atomic E-state index is 0.105. The number of nitro groups is 1.